The third-order valence-corrected chi connectivity index (χ3v) is 4.74. The normalized spacial score (nSPS) is 13.8. The van der Waals surface area contributed by atoms with Gasteiger partial charge in [0.2, 0.25) is 5.91 Å². The van der Waals surface area contributed by atoms with Gasteiger partial charge in [0.15, 0.2) is 0 Å². The fourth-order valence-electron chi connectivity index (χ4n) is 2.47. The molecule has 1 amide bonds. The fraction of sp³-hybridized carbons (Fsp3) is 0.474. The number of benzene rings is 1. The van der Waals surface area contributed by atoms with E-state index in [9.17, 15) is 14.3 Å². The standard InChI is InChI=1S/C19H26FN3O2/c1-12(2)19(5,25)11-21-18(24)10-17-13(3)22-23(14(17)4)16-8-6-15(20)7-9-16/h6-9,12,25H,10-11H2,1-5H3,(H,21,24). The minimum atomic E-state index is -0.946. The summed E-state index contributed by atoms with van der Waals surface area (Å²) >= 11 is 0. The van der Waals surface area contributed by atoms with Crippen LogP contribution < -0.4 is 5.32 Å². The van der Waals surface area contributed by atoms with Crippen molar-refractivity contribution in [1.29, 1.82) is 0 Å². The fourth-order valence-corrected chi connectivity index (χ4v) is 2.47. The van der Waals surface area contributed by atoms with Crippen LogP contribution in [0.2, 0.25) is 0 Å². The summed E-state index contributed by atoms with van der Waals surface area (Å²) in [5.74, 6) is -0.426. The summed E-state index contributed by atoms with van der Waals surface area (Å²) in [6.07, 6.45) is 0.188. The van der Waals surface area contributed by atoms with Crippen LogP contribution in [0.1, 0.15) is 37.7 Å². The smallest absolute Gasteiger partial charge is 0.224 e. The number of carbonyl (C=O) groups excluding carboxylic acids is 1. The van der Waals surface area contributed by atoms with Crippen molar-refractivity contribution in [2.45, 2.75) is 46.6 Å². The Morgan fingerprint density at radius 3 is 2.48 bits per heavy atom. The molecule has 0 saturated carbocycles. The van der Waals surface area contributed by atoms with E-state index < -0.39 is 5.60 Å². The lowest BCUT2D eigenvalue weighted by atomic mass is 9.92. The summed E-state index contributed by atoms with van der Waals surface area (Å²) in [7, 11) is 0. The van der Waals surface area contributed by atoms with Crippen molar-refractivity contribution < 1.29 is 14.3 Å². The van der Waals surface area contributed by atoms with Crippen LogP contribution in [0.3, 0.4) is 0 Å². The van der Waals surface area contributed by atoms with Gasteiger partial charge in [0.25, 0.3) is 0 Å². The van der Waals surface area contributed by atoms with E-state index >= 15 is 0 Å². The molecule has 0 radical (unpaired) electrons. The summed E-state index contributed by atoms with van der Waals surface area (Å²) in [5.41, 5.74) is 2.24. The lowest BCUT2D eigenvalue weighted by Crippen LogP contribution is -2.44. The Morgan fingerprint density at radius 2 is 1.92 bits per heavy atom. The van der Waals surface area contributed by atoms with Crippen molar-refractivity contribution >= 4 is 5.91 Å². The molecule has 1 heterocycles. The lowest BCUT2D eigenvalue weighted by Gasteiger charge is -2.27. The van der Waals surface area contributed by atoms with E-state index in [2.05, 4.69) is 10.4 Å². The molecule has 136 valence electrons. The maximum Gasteiger partial charge on any atom is 0.224 e. The van der Waals surface area contributed by atoms with Gasteiger partial charge in [0.1, 0.15) is 5.82 Å². The molecule has 25 heavy (non-hydrogen) atoms. The molecule has 1 unspecified atom stereocenters. The van der Waals surface area contributed by atoms with E-state index in [1.807, 2.05) is 27.7 Å². The van der Waals surface area contributed by atoms with E-state index in [1.54, 1.807) is 23.7 Å². The molecule has 2 aromatic rings. The summed E-state index contributed by atoms with van der Waals surface area (Å²) < 4.78 is 14.8. The molecule has 0 aliphatic carbocycles. The molecular weight excluding hydrogens is 321 g/mol. The third kappa shape index (κ3) is 4.45. The average Bonchev–Trinajstić information content (AvgIpc) is 2.82. The van der Waals surface area contributed by atoms with E-state index in [1.165, 1.54) is 12.1 Å². The number of nitrogens with one attached hydrogen (secondary N) is 1. The second-order valence-corrected chi connectivity index (χ2v) is 7.00. The Balaban J connectivity index is 2.13. The molecule has 1 aromatic heterocycles. The largest absolute Gasteiger partial charge is 0.388 e. The van der Waals surface area contributed by atoms with Crippen molar-refractivity contribution in [2.24, 2.45) is 5.92 Å². The topological polar surface area (TPSA) is 67.2 Å². The van der Waals surface area contributed by atoms with E-state index in [4.69, 9.17) is 0 Å². The van der Waals surface area contributed by atoms with Gasteiger partial charge < -0.3 is 10.4 Å². The first-order chi connectivity index (χ1) is 11.6. The maximum absolute atomic E-state index is 13.1. The molecule has 6 heteroatoms. The van der Waals surface area contributed by atoms with E-state index in [0.29, 0.717) is 0 Å². The van der Waals surface area contributed by atoms with Crippen LogP contribution in [0.15, 0.2) is 24.3 Å². The molecule has 2 N–H and O–H groups in total. The number of carbonyl (C=O) groups is 1. The highest BCUT2D eigenvalue weighted by Crippen LogP contribution is 2.19. The second-order valence-electron chi connectivity index (χ2n) is 7.00. The Morgan fingerprint density at radius 1 is 1.32 bits per heavy atom. The second kappa shape index (κ2) is 7.35. The van der Waals surface area contributed by atoms with Crippen LogP contribution in [0, 0.1) is 25.6 Å². The summed E-state index contributed by atoms with van der Waals surface area (Å²) in [5, 5.41) is 17.5. The monoisotopic (exact) mass is 347 g/mol. The number of nitrogens with zero attached hydrogens (tertiary/aromatic N) is 2. The van der Waals surface area contributed by atoms with E-state index in [0.717, 1.165) is 22.6 Å². The lowest BCUT2D eigenvalue weighted by molar-refractivity contribution is -0.122. The van der Waals surface area contributed by atoms with Crippen LogP contribution in [-0.2, 0) is 11.2 Å². The quantitative estimate of drug-likeness (QED) is 0.844. The van der Waals surface area contributed by atoms with E-state index in [-0.39, 0.29) is 30.6 Å². The molecule has 2 rings (SSSR count). The van der Waals surface area contributed by atoms with Crippen LogP contribution in [-0.4, -0.2) is 32.9 Å². The highest BCUT2D eigenvalue weighted by atomic mass is 19.1. The summed E-state index contributed by atoms with van der Waals surface area (Å²) in [6.45, 7) is 9.46. The summed E-state index contributed by atoms with van der Waals surface area (Å²) in [6, 6.07) is 6.06. The van der Waals surface area contributed by atoms with Crippen molar-refractivity contribution in [1.82, 2.24) is 15.1 Å². The van der Waals surface area contributed by atoms with Gasteiger partial charge >= 0.3 is 0 Å². The van der Waals surface area contributed by atoms with Crippen LogP contribution >= 0.6 is 0 Å². The number of aromatic nitrogens is 2. The molecule has 1 atom stereocenters. The van der Waals surface area contributed by atoms with Gasteiger partial charge in [0, 0.05) is 17.8 Å². The van der Waals surface area contributed by atoms with Crippen LogP contribution in [0.25, 0.3) is 5.69 Å². The van der Waals surface area contributed by atoms with Gasteiger partial charge in [-0.15, -0.1) is 0 Å². The van der Waals surface area contributed by atoms with Crippen LogP contribution in [0.5, 0.6) is 0 Å². The number of halogens is 1. The van der Waals surface area contributed by atoms with Crippen molar-refractivity contribution in [3.63, 3.8) is 0 Å². The minimum absolute atomic E-state index is 0.0394. The molecule has 0 aliphatic heterocycles. The van der Waals surface area contributed by atoms with Crippen LogP contribution in [0.4, 0.5) is 4.39 Å². The Labute approximate surface area is 147 Å². The number of amides is 1. The zero-order valence-corrected chi connectivity index (χ0v) is 15.4. The predicted molar refractivity (Wildman–Crippen MR) is 95.2 cm³/mol. The molecule has 0 fully saturated rings. The number of aliphatic hydroxyl groups is 1. The number of rotatable bonds is 6. The highest BCUT2D eigenvalue weighted by molar-refractivity contribution is 5.79. The first-order valence-electron chi connectivity index (χ1n) is 8.42. The molecule has 0 bridgehead atoms. The maximum atomic E-state index is 13.1. The zero-order valence-electron chi connectivity index (χ0n) is 15.4. The number of hydrogen-bond donors (Lipinski definition) is 2. The molecule has 5 nitrogen and oxygen atoms in total. The Bertz CT molecular complexity index is 749. The Kier molecular flexibility index (Phi) is 5.62. The van der Waals surface area contributed by atoms with Gasteiger partial charge in [-0.3, -0.25) is 4.79 Å². The van der Waals surface area contributed by atoms with Gasteiger partial charge in [-0.1, -0.05) is 13.8 Å². The van der Waals surface area contributed by atoms with Gasteiger partial charge in [-0.25, -0.2) is 9.07 Å². The number of aryl methyl sites for hydroxylation is 1. The van der Waals surface area contributed by atoms with Crippen molar-refractivity contribution in [3.05, 3.63) is 47.0 Å². The number of hydrogen-bond acceptors (Lipinski definition) is 3. The van der Waals surface area contributed by atoms with Crippen molar-refractivity contribution in [2.75, 3.05) is 6.54 Å². The highest BCUT2D eigenvalue weighted by Gasteiger charge is 2.25. The summed E-state index contributed by atoms with van der Waals surface area (Å²) in [4.78, 5) is 12.3. The van der Waals surface area contributed by atoms with Gasteiger partial charge in [0.05, 0.1) is 23.4 Å². The Hall–Kier alpha value is -2.21. The molecule has 0 saturated heterocycles. The first kappa shape index (κ1) is 19.1. The SMILES string of the molecule is Cc1nn(-c2ccc(F)cc2)c(C)c1CC(=O)NCC(C)(O)C(C)C. The molecule has 1 aromatic carbocycles. The average molecular weight is 347 g/mol. The minimum Gasteiger partial charge on any atom is -0.388 e. The zero-order chi connectivity index (χ0) is 18.8. The third-order valence-electron chi connectivity index (χ3n) is 4.74. The van der Waals surface area contributed by atoms with Crippen molar-refractivity contribution in [3.8, 4) is 5.69 Å². The molecule has 0 aliphatic rings. The van der Waals surface area contributed by atoms with Gasteiger partial charge in [-0.2, -0.15) is 5.10 Å². The first-order valence-corrected chi connectivity index (χ1v) is 8.42. The molecular formula is C19H26FN3O2. The molecule has 0 spiro atoms. The van der Waals surface area contributed by atoms with Gasteiger partial charge in [-0.05, 0) is 51.0 Å². The predicted octanol–water partition coefficient (Wildman–Crippen LogP) is 2.69.